The van der Waals surface area contributed by atoms with Crippen LogP contribution in [0.25, 0.3) is 0 Å². The molecule has 10 heavy (non-hydrogen) atoms. The summed E-state index contributed by atoms with van der Waals surface area (Å²) in [5, 5.41) is 0.406. The van der Waals surface area contributed by atoms with E-state index in [0.29, 0.717) is 5.69 Å². The summed E-state index contributed by atoms with van der Waals surface area (Å²) in [6.45, 7) is 3.68. The van der Waals surface area contributed by atoms with Gasteiger partial charge in [-0.15, -0.1) is 11.3 Å². The maximum absolute atomic E-state index is 10.6. The van der Waals surface area contributed by atoms with Gasteiger partial charge in [0.2, 0.25) is 0 Å². The lowest BCUT2D eigenvalue weighted by Gasteiger charge is -1.83. The number of aryl methyl sites for hydroxylation is 2. The van der Waals surface area contributed by atoms with Gasteiger partial charge in [0, 0.05) is 4.88 Å². The molecule has 0 aromatic carbocycles. The van der Waals surface area contributed by atoms with Gasteiger partial charge in [0.15, 0.2) is 0 Å². The zero-order valence-electron chi connectivity index (χ0n) is 5.64. The molecule has 0 saturated carbocycles. The molecule has 54 valence electrons. The van der Waals surface area contributed by atoms with Crippen LogP contribution in [0.2, 0.25) is 0 Å². The molecule has 0 unspecified atom stereocenters. The molecule has 0 atom stereocenters. The zero-order valence-corrected chi connectivity index (χ0v) is 7.21. The van der Waals surface area contributed by atoms with E-state index in [4.69, 9.17) is 11.6 Å². The maximum atomic E-state index is 10.6. The summed E-state index contributed by atoms with van der Waals surface area (Å²) in [6, 6.07) is 0. The van der Waals surface area contributed by atoms with E-state index in [1.54, 1.807) is 0 Å². The molecular weight excluding hydrogens is 170 g/mol. The van der Waals surface area contributed by atoms with Crippen LogP contribution in [0.4, 0.5) is 0 Å². The van der Waals surface area contributed by atoms with Crippen molar-refractivity contribution in [2.45, 2.75) is 13.8 Å². The summed E-state index contributed by atoms with van der Waals surface area (Å²) >= 11 is 6.71. The molecule has 1 aromatic rings. The Hall–Kier alpha value is -0.410. The Bertz CT molecular complexity index is 269. The smallest absolute Gasteiger partial charge is 0.271 e. The highest BCUT2D eigenvalue weighted by atomic mass is 35.5. The summed E-state index contributed by atoms with van der Waals surface area (Å²) in [5.41, 5.74) is 0.393. The molecule has 4 heteroatoms. The molecule has 0 aliphatic rings. The number of hydrogen-bond donors (Lipinski definition) is 0. The summed E-state index contributed by atoms with van der Waals surface area (Å²) < 4.78 is 0. The first-order valence-electron chi connectivity index (χ1n) is 2.75. The monoisotopic (exact) mass is 175 g/mol. The summed E-state index contributed by atoms with van der Waals surface area (Å²) in [7, 11) is 0. The second-order valence-corrected chi connectivity index (χ2v) is 3.66. The quantitative estimate of drug-likeness (QED) is 0.613. The third kappa shape index (κ3) is 1.36. The van der Waals surface area contributed by atoms with Crippen molar-refractivity contribution in [3.8, 4) is 0 Å². The van der Waals surface area contributed by atoms with Crippen molar-refractivity contribution in [1.29, 1.82) is 0 Å². The van der Waals surface area contributed by atoms with E-state index in [0.717, 1.165) is 9.88 Å². The Kier molecular flexibility index (Phi) is 2.06. The van der Waals surface area contributed by atoms with Gasteiger partial charge in [0.25, 0.3) is 5.24 Å². The van der Waals surface area contributed by atoms with Gasteiger partial charge in [-0.25, -0.2) is 4.98 Å². The lowest BCUT2D eigenvalue weighted by molar-refractivity contribution is 0.107. The van der Waals surface area contributed by atoms with Crippen molar-refractivity contribution >= 4 is 28.2 Å². The third-order valence-electron chi connectivity index (χ3n) is 1.09. The van der Waals surface area contributed by atoms with Crippen LogP contribution in [0.3, 0.4) is 0 Å². The van der Waals surface area contributed by atoms with E-state index < -0.39 is 5.24 Å². The average molecular weight is 176 g/mol. The zero-order chi connectivity index (χ0) is 7.72. The second-order valence-electron chi connectivity index (χ2n) is 1.91. The first-order chi connectivity index (χ1) is 4.61. The second kappa shape index (κ2) is 2.68. The molecule has 1 rings (SSSR count). The van der Waals surface area contributed by atoms with Crippen LogP contribution in [0, 0.1) is 13.8 Å². The molecule has 1 aromatic heterocycles. The molecule has 0 amide bonds. The van der Waals surface area contributed by atoms with Crippen molar-refractivity contribution in [3.05, 3.63) is 15.6 Å². The summed E-state index contributed by atoms with van der Waals surface area (Å²) in [4.78, 5) is 15.4. The highest BCUT2D eigenvalue weighted by molar-refractivity contribution is 7.12. The number of rotatable bonds is 1. The van der Waals surface area contributed by atoms with Gasteiger partial charge < -0.3 is 0 Å². The first-order valence-corrected chi connectivity index (χ1v) is 3.94. The third-order valence-corrected chi connectivity index (χ3v) is 2.15. The fourth-order valence-corrected chi connectivity index (χ4v) is 1.77. The van der Waals surface area contributed by atoms with Crippen LogP contribution in [0.15, 0.2) is 0 Å². The Balaban J connectivity index is 3.15. The van der Waals surface area contributed by atoms with Gasteiger partial charge in [-0.1, -0.05) is 0 Å². The fourth-order valence-electron chi connectivity index (χ4n) is 0.711. The van der Waals surface area contributed by atoms with Crippen LogP contribution in [-0.4, -0.2) is 10.2 Å². The lowest BCUT2D eigenvalue weighted by atomic mass is 10.4. The van der Waals surface area contributed by atoms with E-state index >= 15 is 0 Å². The van der Waals surface area contributed by atoms with E-state index in [2.05, 4.69) is 4.98 Å². The first kappa shape index (κ1) is 7.69. The van der Waals surface area contributed by atoms with E-state index in [1.165, 1.54) is 11.3 Å². The number of aromatic nitrogens is 1. The van der Waals surface area contributed by atoms with E-state index in [-0.39, 0.29) is 0 Å². The molecule has 1 heterocycles. The van der Waals surface area contributed by atoms with E-state index in [9.17, 15) is 4.79 Å². The fraction of sp³-hybridized carbons (Fsp3) is 0.333. The highest BCUT2D eigenvalue weighted by Gasteiger charge is 2.09. The van der Waals surface area contributed by atoms with Crippen molar-refractivity contribution < 1.29 is 4.79 Å². The van der Waals surface area contributed by atoms with Gasteiger partial charge in [-0.3, -0.25) is 4.79 Å². The molecule has 0 radical (unpaired) electrons. The standard InChI is InChI=1S/C6H6ClNOS/c1-3-5(6(7)9)8-4(2)10-3/h1-2H3. The van der Waals surface area contributed by atoms with Gasteiger partial charge in [-0.05, 0) is 25.4 Å². The molecular formula is C6H6ClNOS. The van der Waals surface area contributed by atoms with E-state index in [1.807, 2.05) is 13.8 Å². The summed E-state index contributed by atoms with van der Waals surface area (Å²) in [6.07, 6.45) is 0. The van der Waals surface area contributed by atoms with Gasteiger partial charge in [0.1, 0.15) is 5.69 Å². The van der Waals surface area contributed by atoms with Crippen LogP contribution >= 0.6 is 22.9 Å². The minimum Gasteiger partial charge on any atom is -0.274 e. The molecule has 0 N–H and O–H groups in total. The van der Waals surface area contributed by atoms with Crippen molar-refractivity contribution in [2.75, 3.05) is 0 Å². The number of nitrogens with zero attached hydrogens (tertiary/aromatic N) is 1. The molecule has 0 aliphatic heterocycles. The van der Waals surface area contributed by atoms with Crippen LogP contribution < -0.4 is 0 Å². The van der Waals surface area contributed by atoms with Crippen molar-refractivity contribution in [1.82, 2.24) is 4.98 Å². The highest BCUT2D eigenvalue weighted by Crippen LogP contribution is 2.17. The maximum Gasteiger partial charge on any atom is 0.271 e. The average Bonchev–Trinajstić information content (AvgIpc) is 2.10. The molecule has 0 bridgehead atoms. The van der Waals surface area contributed by atoms with Crippen molar-refractivity contribution in [3.63, 3.8) is 0 Å². The number of hydrogen-bond acceptors (Lipinski definition) is 3. The number of thiazole rings is 1. The van der Waals surface area contributed by atoms with Gasteiger partial charge >= 0.3 is 0 Å². The Morgan fingerprint density at radius 3 is 2.40 bits per heavy atom. The predicted molar refractivity (Wildman–Crippen MR) is 41.8 cm³/mol. The van der Waals surface area contributed by atoms with Crippen LogP contribution in [0.1, 0.15) is 20.4 Å². The molecule has 0 fully saturated rings. The molecule has 2 nitrogen and oxygen atoms in total. The van der Waals surface area contributed by atoms with Gasteiger partial charge in [-0.2, -0.15) is 0 Å². The minimum absolute atomic E-state index is 0.393. The lowest BCUT2D eigenvalue weighted by Crippen LogP contribution is -1.90. The Labute approximate surface area is 67.9 Å². The molecule has 0 saturated heterocycles. The normalized spacial score (nSPS) is 9.90. The molecule has 0 spiro atoms. The number of carbonyl (C=O) groups excluding carboxylic acids is 1. The number of halogens is 1. The Morgan fingerprint density at radius 1 is 1.60 bits per heavy atom. The predicted octanol–water partition coefficient (Wildman–Crippen LogP) is 2.14. The molecule has 0 aliphatic carbocycles. The van der Waals surface area contributed by atoms with Gasteiger partial charge in [0.05, 0.1) is 5.01 Å². The minimum atomic E-state index is -0.471. The van der Waals surface area contributed by atoms with Crippen molar-refractivity contribution in [2.24, 2.45) is 0 Å². The van der Waals surface area contributed by atoms with Crippen LogP contribution in [0.5, 0.6) is 0 Å². The van der Waals surface area contributed by atoms with Crippen LogP contribution in [-0.2, 0) is 0 Å². The topological polar surface area (TPSA) is 30.0 Å². The SMILES string of the molecule is Cc1nc(C(=O)Cl)c(C)s1. The summed E-state index contributed by atoms with van der Waals surface area (Å²) in [5.74, 6) is 0. The number of carbonyl (C=O) groups is 1. The Morgan fingerprint density at radius 2 is 2.20 bits per heavy atom. The largest absolute Gasteiger partial charge is 0.274 e.